The molecule has 1 amide bonds. The van der Waals surface area contributed by atoms with E-state index in [4.69, 9.17) is 23.2 Å². The van der Waals surface area contributed by atoms with E-state index >= 15 is 0 Å². The average Bonchev–Trinajstić information content (AvgIpc) is 2.25. The van der Waals surface area contributed by atoms with Crippen LogP contribution in [-0.4, -0.2) is 35.7 Å². The monoisotopic (exact) mass is 263 g/mol. The molecule has 1 rings (SSSR count). The van der Waals surface area contributed by atoms with Crippen LogP contribution in [0.15, 0.2) is 12.4 Å². The van der Waals surface area contributed by atoms with E-state index in [9.17, 15) is 9.90 Å². The molecule has 0 radical (unpaired) electrons. The number of hydrogen-bond donors (Lipinski definition) is 3. The molecule has 0 bridgehead atoms. The van der Waals surface area contributed by atoms with E-state index in [1.165, 1.54) is 12.4 Å². The van der Waals surface area contributed by atoms with Crippen LogP contribution in [0, 0.1) is 0 Å². The van der Waals surface area contributed by atoms with Crippen molar-refractivity contribution >= 4 is 35.3 Å². The number of aromatic nitrogens is 1. The van der Waals surface area contributed by atoms with Gasteiger partial charge in [0, 0.05) is 25.5 Å². The lowest BCUT2D eigenvalue weighted by atomic mass is 10.3. The first kappa shape index (κ1) is 13.0. The molecule has 5 nitrogen and oxygen atoms in total. The van der Waals surface area contributed by atoms with Crippen LogP contribution in [0.2, 0.25) is 10.0 Å². The number of nitrogens with one attached hydrogen (secondary N) is 2. The Balaban J connectivity index is 2.51. The molecule has 0 saturated carbocycles. The van der Waals surface area contributed by atoms with Crippen molar-refractivity contribution < 1.29 is 9.90 Å². The summed E-state index contributed by atoms with van der Waals surface area (Å²) in [4.78, 5) is 13.8. The molecule has 0 saturated heterocycles. The molecule has 1 unspecified atom stereocenters. The SMILES string of the molecule is O=CNCC(O)CNc1c(Cl)cncc1Cl. The second-order valence-corrected chi connectivity index (χ2v) is 3.85. The van der Waals surface area contributed by atoms with Crippen LogP contribution in [-0.2, 0) is 4.79 Å². The zero-order chi connectivity index (χ0) is 12.0. The fourth-order valence-corrected chi connectivity index (χ4v) is 1.55. The Hall–Kier alpha value is -1.04. The molecule has 0 aromatic carbocycles. The number of anilines is 1. The Morgan fingerprint density at radius 2 is 2.00 bits per heavy atom. The number of amides is 1. The number of aliphatic hydroxyl groups excluding tert-OH is 1. The Labute approximate surface area is 103 Å². The standard InChI is InChI=1S/C9H11Cl2N3O2/c10-7-3-12-4-8(11)9(7)14-2-6(16)1-13-5-15/h3-6,16H,1-2H2,(H,12,14)(H,13,15). The van der Waals surface area contributed by atoms with E-state index in [0.717, 1.165) is 0 Å². The minimum Gasteiger partial charge on any atom is -0.389 e. The number of carbonyl (C=O) groups excluding carboxylic acids is 1. The first-order valence-corrected chi connectivity index (χ1v) is 5.28. The van der Waals surface area contributed by atoms with Gasteiger partial charge in [0.1, 0.15) is 0 Å². The molecule has 1 aromatic heterocycles. The topological polar surface area (TPSA) is 74.2 Å². The minimum atomic E-state index is -0.717. The van der Waals surface area contributed by atoms with Crippen LogP contribution < -0.4 is 10.6 Å². The summed E-state index contributed by atoms with van der Waals surface area (Å²) in [5, 5.41) is 15.4. The maximum absolute atomic E-state index is 10.00. The van der Waals surface area contributed by atoms with Crippen LogP contribution in [0.25, 0.3) is 0 Å². The molecule has 0 spiro atoms. The Bertz CT molecular complexity index is 342. The van der Waals surface area contributed by atoms with Gasteiger partial charge >= 0.3 is 0 Å². The summed E-state index contributed by atoms with van der Waals surface area (Å²) in [6.45, 7) is 0.390. The van der Waals surface area contributed by atoms with E-state index in [1.54, 1.807) is 0 Å². The molecular weight excluding hydrogens is 253 g/mol. The van der Waals surface area contributed by atoms with Crippen LogP contribution >= 0.6 is 23.2 Å². The molecular formula is C9H11Cl2N3O2. The summed E-state index contributed by atoms with van der Waals surface area (Å²) in [5.41, 5.74) is 0.517. The number of nitrogens with zero attached hydrogens (tertiary/aromatic N) is 1. The van der Waals surface area contributed by atoms with E-state index < -0.39 is 6.10 Å². The zero-order valence-corrected chi connectivity index (χ0v) is 9.79. The molecule has 1 heterocycles. The van der Waals surface area contributed by atoms with Gasteiger partial charge in [-0.05, 0) is 0 Å². The van der Waals surface area contributed by atoms with Gasteiger partial charge in [-0.3, -0.25) is 9.78 Å². The van der Waals surface area contributed by atoms with E-state index in [0.29, 0.717) is 22.1 Å². The fraction of sp³-hybridized carbons (Fsp3) is 0.333. The van der Waals surface area contributed by atoms with Crippen molar-refractivity contribution in [3.05, 3.63) is 22.4 Å². The predicted octanol–water partition coefficient (Wildman–Crippen LogP) is 0.907. The third-order valence-corrected chi connectivity index (χ3v) is 2.38. The van der Waals surface area contributed by atoms with Crippen molar-refractivity contribution in [1.82, 2.24) is 10.3 Å². The van der Waals surface area contributed by atoms with E-state index in [2.05, 4.69) is 15.6 Å². The smallest absolute Gasteiger partial charge is 0.207 e. The van der Waals surface area contributed by atoms with Gasteiger partial charge in [-0.25, -0.2) is 0 Å². The molecule has 3 N–H and O–H groups in total. The number of hydrogen-bond acceptors (Lipinski definition) is 4. The van der Waals surface area contributed by atoms with Gasteiger partial charge in [0.2, 0.25) is 6.41 Å². The number of rotatable bonds is 6. The molecule has 88 valence electrons. The lowest BCUT2D eigenvalue weighted by molar-refractivity contribution is -0.109. The first-order valence-electron chi connectivity index (χ1n) is 4.53. The van der Waals surface area contributed by atoms with Gasteiger partial charge in [0.05, 0.1) is 21.8 Å². The molecule has 0 aliphatic heterocycles. The quantitative estimate of drug-likeness (QED) is 0.667. The van der Waals surface area contributed by atoms with E-state index in [1.807, 2.05) is 0 Å². The highest BCUT2D eigenvalue weighted by Gasteiger charge is 2.08. The molecule has 7 heteroatoms. The summed E-state index contributed by atoms with van der Waals surface area (Å²) in [6.07, 6.45) is 2.71. The normalized spacial score (nSPS) is 11.9. The third kappa shape index (κ3) is 3.84. The lowest BCUT2D eigenvalue weighted by Gasteiger charge is -2.13. The summed E-state index contributed by atoms with van der Waals surface area (Å²) < 4.78 is 0. The van der Waals surface area contributed by atoms with Crippen molar-refractivity contribution in [3.8, 4) is 0 Å². The molecule has 16 heavy (non-hydrogen) atoms. The lowest BCUT2D eigenvalue weighted by Crippen LogP contribution is -2.31. The van der Waals surface area contributed by atoms with Crippen LogP contribution in [0.1, 0.15) is 0 Å². The van der Waals surface area contributed by atoms with Gasteiger partial charge in [-0.2, -0.15) is 0 Å². The summed E-state index contributed by atoms with van der Waals surface area (Å²) in [7, 11) is 0. The van der Waals surface area contributed by atoms with Crippen molar-refractivity contribution in [3.63, 3.8) is 0 Å². The summed E-state index contributed by atoms with van der Waals surface area (Å²) in [6, 6.07) is 0. The highest BCUT2D eigenvalue weighted by Crippen LogP contribution is 2.28. The highest BCUT2D eigenvalue weighted by molar-refractivity contribution is 6.38. The number of pyridine rings is 1. The van der Waals surface area contributed by atoms with Gasteiger partial charge < -0.3 is 15.7 Å². The third-order valence-electron chi connectivity index (χ3n) is 1.80. The van der Waals surface area contributed by atoms with Crippen LogP contribution in [0.4, 0.5) is 5.69 Å². The van der Waals surface area contributed by atoms with Crippen LogP contribution in [0.3, 0.4) is 0 Å². The minimum absolute atomic E-state index is 0.164. The molecule has 0 fully saturated rings. The van der Waals surface area contributed by atoms with Crippen molar-refractivity contribution in [2.75, 3.05) is 18.4 Å². The summed E-state index contributed by atoms with van der Waals surface area (Å²) >= 11 is 11.7. The molecule has 0 aliphatic carbocycles. The van der Waals surface area contributed by atoms with E-state index in [-0.39, 0.29) is 13.1 Å². The molecule has 1 atom stereocenters. The largest absolute Gasteiger partial charge is 0.389 e. The highest BCUT2D eigenvalue weighted by atomic mass is 35.5. The Kier molecular flexibility index (Phi) is 5.31. The first-order chi connectivity index (χ1) is 7.65. The van der Waals surface area contributed by atoms with Gasteiger partial charge in [0.15, 0.2) is 0 Å². The van der Waals surface area contributed by atoms with Crippen LogP contribution in [0.5, 0.6) is 0 Å². The van der Waals surface area contributed by atoms with Gasteiger partial charge in [0.25, 0.3) is 0 Å². The number of halogens is 2. The molecule has 0 aliphatic rings. The average molecular weight is 264 g/mol. The van der Waals surface area contributed by atoms with Crippen molar-refractivity contribution in [1.29, 1.82) is 0 Å². The van der Waals surface area contributed by atoms with Gasteiger partial charge in [-0.15, -0.1) is 0 Å². The summed E-state index contributed by atoms with van der Waals surface area (Å²) in [5.74, 6) is 0. The predicted molar refractivity (Wildman–Crippen MR) is 62.8 cm³/mol. The number of carbonyl (C=O) groups is 1. The fourth-order valence-electron chi connectivity index (χ4n) is 1.06. The van der Waals surface area contributed by atoms with Gasteiger partial charge in [-0.1, -0.05) is 23.2 Å². The maximum atomic E-state index is 10.00. The zero-order valence-electron chi connectivity index (χ0n) is 8.28. The maximum Gasteiger partial charge on any atom is 0.207 e. The number of aliphatic hydroxyl groups is 1. The van der Waals surface area contributed by atoms with Crippen molar-refractivity contribution in [2.45, 2.75) is 6.10 Å². The molecule has 1 aromatic rings. The van der Waals surface area contributed by atoms with Crippen molar-refractivity contribution in [2.24, 2.45) is 0 Å². The Morgan fingerprint density at radius 1 is 1.38 bits per heavy atom. The Morgan fingerprint density at radius 3 is 2.56 bits per heavy atom. The second-order valence-electron chi connectivity index (χ2n) is 3.04. The second kappa shape index (κ2) is 6.52.